The standard InChI is InChI=1S/C6H3N3O3S2/c10-4(11)3-1-12-5(9-3)13-6-7-2-8-14-6/h1-2H,(H,10,11). The van der Waals surface area contributed by atoms with Gasteiger partial charge in [0.25, 0.3) is 5.22 Å². The van der Waals surface area contributed by atoms with Crippen LogP contribution < -0.4 is 0 Å². The first-order chi connectivity index (χ1) is 6.75. The lowest BCUT2D eigenvalue weighted by molar-refractivity contribution is 0.0690. The molecule has 0 fully saturated rings. The number of rotatable bonds is 3. The van der Waals surface area contributed by atoms with Crippen LogP contribution in [0, 0.1) is 0 Å². The fraction of sp³-hybridized carbons (Fsp3) is 0. The number of hydrogen-bond donors (Lipinski definition) is 1. The number of aromatic nitrogens is 3. The molecule has 0 saturated heterocycles. The molecule has 1 N–H and O–H groups in total. The second-order valence-corrected chi connectivity index (χ2v) is 4.09. The minimum Gasteiger partial charge on any atom is -0.476 e. The van der Waals surface area contributed by atoms with Gasteiger partial charge in [0.05, 0.1) is 0 Å². The summed E-state index contributed by atoms with van der Waals surface area (Å²) in [5.41, 5.74) is -0.114. The minimum atomic E-state index is -1.11. The highest BCUT2D eigenvalue weighted by atomic mass is 32.2. The Bertz CT molecular complexity index is 439. The third-order valence-electron chi connectivity index (χ3n) is 1.22. The van der Waals surface area contributed by atoms with Crippen molar-refractivity contribution in [2.24, 2.45) is 0 Å². The third-order valence-corrected chi connectivity index (χ3v) is 2.79. The first-order valence-electron chi connectivity index (χ1n) is 3.39. The molecule has 2 aromatic rings. The number of carboxylic acid groups (broad SMARTS) is 1. The van der Waals surface area contributed by atoms with Gasteiger partial charge < -0.3 is 9.52 Å². The zero-order valence-electron chi connectivity index (χ0n) is 6.58. The van der Waals surface area contributed by atoms with Crippen LogP contribution in [-0.2, 0) is 0 Å². The number of oxazole rings is 1. The van der Waals surface area contributed by atoms with Crippen molar-refractivity contribution >= 4 is 29.3 Å². The molecule has 6 nitrogen and oxygen atoms in total. The molecule has 0 aliphatic rings. The Kier molecular flexibility index (Phi) is 2.46. The summed E-state index contributed by atoms with van der Waals surface area (Å²) in [6.07, 6.45) is 2.50. The first-order valence-corrected chi connectivity index (χ1v) is 4.98. The third kappa shape index (κ3) is 1.91. The van der Waals surface area contributed by atoms with Crippen molar-refractivity contribution in [2.75, 3.05) is 0 Å². The lowest BCUT2D eigenvalue weighted by Crippen LogP contribution is -1.95. The maximum Gasteiger partial charge on any atom is 0.357 e. The molecular formula is C6H3N3O3S2. The summed E-state index contributed by atoms with van der Waals surface area (Å²) in [5.74, 6) is -1.11. The number of nitrogens with zero attached hydrogens (tertiary/aromatic N) is 3. The molecule has 0 atom stereocenters. The smallest absolute Gasteiger partial charge is 0.357 e. The van der Waals surface area contributed by atoms with Crippen LogP contribution in [0.3, 0.4) is 0 Å². The molecular weight excluding hydrogens is 226 g/mol. The quantitative estimate of drug-likeness (QED) is 0.850. The molecule has 2 rings (SSSR count). The van der Waals surface area contributed by atoms with Crippen molar-refractivity contribution in [2.45, 2.75) is 9.56 Å². The van der Waals surface area contributed by atoms with Crippen molar-refractivity contribution in [3.05, 3.63) is 18.3 Å². The van der Waals surface area contributed by atoms with E-state index in [-0.39, 0.29) is 10.9 Å². The molecule has 0 unspecified atom stereocenters. The molecule has 0 bridgehead atoms. The maximum absolute atomic E-state index is 10.5. The van der Waals surface area contributed by atoms with E-state index in [1.54, 1.807) is 0 Å². The van der Waals surface area contributed by atoms with Crippen molar-refractivity contribution in [3.63, 3.8) is 0 Å². The predicted octanol–water partition coefficient (Wildman–Crippen LogP) is 1.38. The fourth-order valence-corrected chi connectivity index (χ4v) is 1.95. The van der Waals surface area contributed by atoms with E-state index >= 15 is 0 Å². The number of hydrogen-bond acceptors (Lipinski definition) is 7. The molecule has 2 aromatic heterocycles. The van der Waals surface area contributed by atoms with E-state index in [0.29, 0.717) is 4.34 Å². The van der Waals surface area contributed by atoms with E-state index in [1.165, 1.54) is 17.9 Å². The number of carbonyl (C=O) groups is 1. The van der Waals surface area contributed by atoms with Crippen LogP contribution in [0.15, 0.2) is 26.6 Å². The number of carboxylic acids is 1. The van der Waals surface area contributed by atoms with Crippen LogP contribution in [-0.4, -0.2) is 25.4 Å². The summed E-state index contributed by atoms with van der Waals surface area (Å²) >= 11 is 2.33. The predicted molar refractivity (Wildman–Crippen MR) is 47.5 cm³/mol. The number of aromatic carboxylic acids is 1. The molecule has 8 heteroatoms. The monoisotopic (exact) mass is 229 g/mol. The van der Waals surface area contributed by atoms with Gasteiger partial charge in [-0.2, -0.15) is 9.36 Å². The Hall–Kier alpha value is -1.41. The molecule has 0 saturated carbocycles. The van der Waals surface area contributed by atoms with Crippen molar-refractivity contribution in [1.82, 2.24) is 14.3 Å². The molecule has 0 radical (unpaired) electrons. The zero-order chi connectivity index (χ0) is 9.97. The van der Waals surface area contributed by atoms with Gasteiger partial charge in [0.15, 0.2) is 10.0 Å². The van der Waals surface area contributed by atoms with Crippen LogP contribution in [0.1, 0.15) is 10.5 Å². The summed E-state index contributed by atoms with van der Waals surface area (Å²) < 4.78 is 9.35. The molecule has 0 aliphatic carbocycles. The van der Waals surface area contributed by atoms with Gasteiger partial charge >= 0.3 is 5.97 Å². The Morgan fingerprint density at radius 1 is 1.64 bits per heavy atom. The van der Waals surface area contributed by atoms with E-state index in [4.69, 9.17) is 9.52 Å². The van der Waals surface area contributed by atoms with E-state index in [1.807, 2.05) is 0 Å². The zero-order valence-corrected chi connectivity index (χ0v) is 8.21. The summed E-state index contributed by atoms with van der Waals surface area (Å²) in [6, 6.07) is 0. The van der Waals surface area contributed by atoms with Crippen LogP contribution in [0.25, 0.3) is 0 Å². The average molecular weight is 229 g/mol. The van der Waals surface area contributed by atoms with Gasteiger partial charge in [-0.1, -0.05) is 0 Å². The second kappa shape index (κ2) is 3.76. The molecule has 72 valence electrons. The van der Waals surface area contributed by atoms with Crippen LogP contribution in [0.2, 0.25) is 0 Å². The summed E-state index contributed by atoms with van der Waals surface area (Å²) in [4.78, 5) is 18.1. The van der Waals surface area contributed by atoms with Gasteiger partial charge in [-0.3, -0.25) is 0 Å². The normalized spacial score (nSPS) is 10.3. The lowest BCUT2D eigenvalue weighted by atomic mass is 10.5. The van der Waals surface area contributed by atoms with Gasteiger partial charge in [0.2, 0.25) is 0 Å². The Morgan fingerprint density at radius 3 is 3.07 bits per heavy atom. The Labute approximate surface area is 86.2 Å². The fourth-order valence-electron chi connectivity index (χ4n) is 0.685. The largest absolute Gasteiger partial charge is 0.476 e. The Balaban J connectivity index is 2.14. The van der Waals surface area contributed by atoms with Gasteiger partial charge in [0.1, 0.15) is 12.6 Å². The highest BCUT2D eigenvalue weighted by molar-refractivity contribution is 8.00. The van der Waals surface area contributed by atoms with E-state index in [2.05, 4.69) is 14.3 Å². The molecule has 0 aromatic carbocycles. The first kappa shape index (κ1) is 9.16. The molecule has 0 amide bonds. The highest BCUT2D eigenvalue weighted by Crippen LogP contribution is 2.26. The topological polar surface area (TPSA) is 89.1 Å². The average Bonchev–Trinajstić information content (AvgIpc) is 2.75. The molecule has 2 heterocycles. The lowest BCUT2D eigenvalue weighted by Gasteiger charge is -1.85. The van der Waals surface area contributed by atoms with E-state index in [0.717, 1.165) is 18.0 Å². The summed E-state index contributed by atoms with van der Waals surface area (Å²) in [6.45, 7) is 0. The van der Waals surface area contributed by atoms with E-state index in [9.17, 15) is 4.79 Å². The van der Waals surface area contributed by atoms with Crippen LogP contribution in [0.4, 0.5) is 0 Å². The van der Waals surface area contributed by atoms with Crippen molar-refractivity contribution < 1.29 is 14.3 Å². The highest BCUT2D eigenvalue weighted by Gasteiger charge is 2.12. The Morgan fingerprint density at radius 2 is 2.50 bits per heavy atom. The minimum absolute atomic E-state index is 0.114. The van der Waals surface area contributed by atoms with Gasteiger partial charge in [-0.05, 0) is 11.5 Å². The van der Waals surface area contributed by atoms with Gasteiger partial charge in [0, 0.05) is 11.8 Å². The van der Waals surface area contributed by atoms with Crippen molar-refractivity contribution in [1.29, 1.82) is 0 Å². The van der Waals surface area contributed by atoms with E-state index < -0.39 is 5.97 Å². The van der Waals surface area contributed by atoms with Gasteiger partial charge in [-0.25, -0.2) is 9.78 Å². The van der Waals surface area contributed by atoms with Crippen molar-refractivity contribution in [3.8, 4) is 0 Å². The van der Waals surface area contributed by atoms with Crippen LogP contribution in [0.5, 0.6) is 0 Å². The summed E-state index contributed by atoms with van der Waals surface area (Å²) in [5, 5.41) is 8.82. The van der Waals surface area contributed by atoms with Crippen LogP contribution >= 0.6 is 23.3 Å². The SMILES string of the molecule is O=C(O)c1coc(Sc2ncns2)n1. The molecule has 14 heavy (non-hydrogen) atoms. The molecule has 0 spiro atoms. The maximum atomic E-state index is 10.5. The summed E-state index contributed by atoms with van der Waals surface area (Å²) in [7, 11) is 0. The molecule has 0 aliphatic heterocycles. The second-order valence-electron chi connectivity index (χ2n) is 2.11. The van der Waals surface area contributed by atoms with Gasteiger partial charge in [-0.15, -0.1) is 0 Å².